The predicted molar refractivity (Wildman–Crippen MR) is 88.1 cm³/mol. The molecule has 0 aromatic carbocycles. The van der Waals surface area contributed by atoms with Crippen molar-refractivity contribution in [3.63, 3.8) is 0 Å². The Bertz CT molecular complexity index is 459. The van der Waals surface area contributed by atoms with Gasteiger partial charge in [0, 0.05) is 10.5 Å². The van der Waals surface area contributed by atoms with Crippen molar-refractivity contribution < 1.29 is 24.2 Å². The molecule has 1 fully saturated rings. The second-order valence-electron chi connectivity index (χ2n) is 6.21. The van der Waals surface area contributed by atoms with E-state index in [0.29, 0.717) is 11.7 Å². The normalized spacial score (nSPS) is 26.3. The highest BCUT2D eigenvalue weighted by Gasteiger charge is 2.38. The van der Waals surface area contributed by atoms with E-state index in [9.17, 15) is 14.4 Å². The largest absolute Gasteiger partial charge is 0.481 e. The van der Waals surface area contributed by atoms with Crippen molar-refractivity contribution >= 4 is 29.6 Å². The van der Waals surface area contributed by atoms with Crippen LogP contribution in [-0.4, -0.2) is 52.6 Å². The van der Waals surface area contributed by atoms with Crippen LogP contribution in [-0.2, 0) is 19.1 Å². The number of methoxy groups -OCH3 is 1. The lowest BCUT2D eigenvalue weighted by atomic mass is 10.00. The number of rotatable bonds is 8. The molecule has 1 saturated carbocycles. The molecule has 0 spiro atoms. The van der Waals surface area contributed by atoms with Crippen molar-refractivity contribution in [2.45, 2.75) is 56.4 Å². The second kappa shape index (κ2) is 8.54. The van der Waals surface area contributed by atoms with Crippen LogP contribution in [0.1, 0.15) is 39.5 Å². The summed E-state index contributed by atoms with van der Waals surface area (Å²) in [5, 5.41) is 11.2. The predicted octanol–water partition coefficient (Wildman–Crippen LogP) is 0.758. The lowest BCUT2D eigenvalue weighted by Crippen LogP contribution is -2.51. The van der Waals surface area contributed by atoms with Crippen LogP contribution in [0.4, 0.5) is 0 Å². The van der Waals surface area contributed by atoms with Crippen LogP contribution in [0.15, 0.2) is 0 Å². The summed E-state index contributed by atoms with van der Waals surface area (Å²) in [5.41, 5.74) is 5.52. The summed E-state index contributed by atoms with van der Waals surface area (Å²) in [6.45, 7) is 4.36. The van der Waals surface area contributed by atoms with Gasteiger partial charge in [0.05, 0.1) is 19.6 Å². The van der Waals surface area contributed by atoms with Crippen molar-refractivity contribution in [3.05, 3.63) is 0 Å². The molecule has 7 nitrogen and oxygen atoms in total. The van der Waals surface area contributed by atoms with Crippen molar-refractivity contribution in [2.75, 3.05) is 12.9 Å². The first-order chi connectivity index (χ1) is 10.7. The van der Waals surface area contributed by atoms with Crippen LogP contribution >= 0.6 is 11.8 Å². The van der Waals surface area contributed by atoms with Crippen LogP contribution in [0.2, 0.25) is 0 Å². The van der Waals surface area contributed by atoms with Crippen molar-refractivity contribution in [2.24, 2.45) is 11.7 Å². The Morgan fingerprint density at radius 3 is 2.61 bits per heavy atom. The summed E-state index contributed by atoms with van der Waals surface area (Å²) < 4.78 is 4.79. The molecule has 0 bridgehead atoms. The first kappa shape index (κ1) is 19.8. The smallest absolute Gasteiger partial charge is 0.329 e. The second-order valence-corrected chi connectivity index (χ2v) is 7.76. The summed E-state index contributed by atoms with van der Waals surface area (Å²) in [5.74, 6) is -1.46. The first-order valence-electron chi connectivity index (χ1n) is 7.69. The topological polar surface area (TPSA) is 119 Å². The number of hydrogen-bond donors (Lipinski definition) is 3. The number of carboxylic acids is 1. The van der Waals surface area contributed by atoms with Gasteiger partial charge in [0.1, 0.15) is 6.04 Å². The SMILES string of the molecule is COC(=O)[C@H](CSC1(C)CCCC1C)NC(=O)[C@@H](N)CC(=O)O. The number of esters is 1. The fourth-order valence-corrected chi connectivity index (χ4v) is 4.13. The molecule has 4 N–H and O–H groups in total. The Labute approximate surface area is 140 Å². The number of carbonyl (C=O) groups is 3. The third kappa shape index (κ3) is 5.69. The summed E-state index contributed by atoms with van der Waals surface area (Å²) in [4.78, 5) is 34.4. The maximum absolute atomic E-state index is 11.9. The van der Waals surface area contributed by atoms with Gasteiger partial charge in [0.25, 0.3) is 0 Å². The highest BCUT2D eigenvalue weighted by atomic mass is 32.2. The average Bonchev–Trinajstić information content (AvgIpc) is 2.81. The van der Waals surface area contributed by atoms with Gasteiger partial charge in [0.2, 0.25) is 5.91 Å². The maximum Gasteiger partial charge on any atom is 0.329 e. The molecule has 0 aliphatic heterocycles. The van der Waals surface area contributed by atoms with Crippen molar-refractivity contribution in [3.8, 4) is 0 Å². The van der Waals surface area contributed by atoms with Gasteiger partial charge in [-0.1, -0.05) is 20.3 Å². The molecule has 4 atom stereocenters. The third-order valence-electron chi connectivity index (χ3n) is 4.47. The van der Waals surface area contributed by atoms with Crippen LogP contribution in [0.3, 0.4) is 0 Å². The molecule has 0 heterocycles. The van der Waals surface area contributed by atoms with Gasteiger partial charge >= 0.3 is 11.9 Å². The molecule has 132 valence electrons. The zero-order chi connectivity index (χ0) is 17.6. The number of ether oxygens (including phenoxy) is 1. The molecule has 0 radical (unpaired) electrons. The quantitative estimate of drug-likeness (QED) is 0.555. The molecule has 1 rings (SSSR count). The monoisotopic (exact) mass is 346 g/mol. The zero-order valence-corrected chi connectivity index (χ0v) is 14.6. The van der Waals surface area contributed by atoms with Gasteiger partial charge in [-0.05, 0) is 18.8 Å². The van der Waals surface area contributed by atoms with Gasteiger partial charge in [-0.3, -0.25) is 9.59 Å². The molecule has 1 amide bonds. The Kier molecular flexibility index (Phi) is 7.34. The minimum Gasteiger partial charge on any atom is -0.481 e. The molecule has 0 aromatic rings. The van der Waals surface area contributed by atoms with Gasteiger partial charge < -0.3 is 20.9 Å². The molecule has 0 aromatic heterocycles. The Morgan fingerprint density at radius 2 is 2.13 bits per heavy atom. The fraction of sp³-hybridized carbons (Fsp3) is 0.800. The van der Waals surface area contributed by atoms with Crippen LogP contribution in [0, 0.1) is 5.92 Å². The molecular formula is C15H26N2O5S. The molecule has 1 aliphatic carbocycles. The number of aliphatic carboxylic acids is 1. The molecule has 0 saturated heterocycles. The number of nitrogens with two attached hydrogens (primary N) is 1. The third-order valence-corrected chi connectivity index (χ3v) is 6.23. The molecule has 2 unspecified atom stereocenters. The molecule has 1 aliphatic rings. The highest BCUT2D eigenvalue weighted by Crippen LogP contribution is 2.45. The summed E-state index contributed by atoms with van der Waals surface area (Å²) in [6.07, 6.45) is 2.90. The summed E-state index contributed by atoms with van der Waals surface area (Å²) >= 11 is 1.64. The molecule has 23 heavy (non-hydrogen) atoms. The number of amides is 1. The minimum atomic E-state index is -1.19. The molecule has 8 heteroatoms. The number of hydrogen-bond acceptors (Lipinski definition) is 6. The van der Waals surface area contributed by atoms with E-state index in [4.69, 9.17) is 15.6 Å². The maximum atomic E-state index is 11.9. The van der Waals surface area contributed by atoms with Gasteiger partial charge in [-0.15, -0.1) is 0 Å². The fourth-order valence-electron chi connectivity index (χ4n) is 2.67. The van der Waals surface area contributed by atoms with Crippen LogP contribution < -0.4 is 11.1 Å². The minimum absolute atomic E-state index is 0.0696. The van der Waals surface area contributed by atoms with E-state index < -0.39 is 36.4 Å². The molecular weight excluding hydrogens is 320 g/mol. The highest BCUT2D eigenvalue weighted by molar-refractivity contribution is 8.00. The van der Waals surface area contributed by atoms with E-state index >= 15 is 0 Å². The Hall–Kier alpha value is -1.28. The lowest BCUT2D eigenvalue weighted by molar-refractivity contribution is -0.144. The summed E-state index contributed by atoms with van der Waals surface area (Å²) in [6, 6.07) is -2.02. The number of nitrogens with one attached hydrogen (secondary N) is 1. The van der Waals surface area contributed by atoms with Crippen LogP contribution in [0.25, 0.3) is 0 Å². The number of carboxylic acid groups (broad SMARTS) is 1. The number of thioether (sulfide) groups is 1. The zero-order valence-electron chi connectivity index (χ0n) is 13.8. The van der Waals surface area contributed by atoms with Gasteiger partial charge in [-0.2, -0.15) is 11.8 Å². The summed E-state index contributed by atoms with van der Waals surface area (Å²) in [7, 11) is 1.25. The van der Waals surface area contributed by atoms with E-state index in [1.54, 1.807) is 11.8 Å². The van der Waals surface area contributed by atoms with E-state index in [0.717, 1.165) is 19.3 Å². The standard InChI is InChI=1S/C15H26N2O5S/c1-9-5-4-6-15(9,2)23-8-11(14(21)22-3)17-13(20)10(16)7-12(18)19/h9-11H,4-8,16H2,1-3H3,(H,17,20)(H,18,19)/t9?,10-,11-,15?/m0/s1. The Balaban J connectivity index is 2.64. The van der Waals surface area contributed by atoms with Crippen molar-refractivity contribution in [1.82, 2.24) is 5.32 Å². The van der Waals surface area contributed by atoms with E-state index in [2.05, 4.69) is 19.2 Å². The van der Waals surface area contributed by atoms with E-state index in [-0.39, 0.29) is 4.75 Å². The average molecular weight is 346 g/mol. The van der Waals surface area contributed by atoms with Gasteiger partial charge in [-0.25, -0.2) is 4.79 Å². The van der Waals surface area contributed by atoms with Crippen LogP contribution in [0.5, 0.6) is 0 Å². The lowest BCUT2D eigenvalue weighted by Gasteiger charge is -2.30. The first-order valence-corrected chi connectivity index (χ1v) is 8.67. The van der Waals surface area contributed by atoms with Gasteiger partial charge in [0.15, 0.2) is 0 Å². The van der Waals surface area contributed by atoms with E-state index in [1.165, 1.54) is 7.11 Å². The van der Waals surface area contributed by atoms with Crippen molar-refractivity contribution in [1.29, 1.82) is 0 Å². The van der Waals surface area contributed by atoms with E-state index in [1.807, 2.05) is 0 Å². The number of carbonyl (C=O) groups excluding carboxylic acids is 2. The Morgan fingerprint density at radius 1 is 1.48 bits per heavy atom.